The van der Waals surface area contributed by atoms with Crippen molar-refractivity contribution in [1.29, 1.82) is 0 Å². The predicted octanol–water partition coefficient (Wildman–Crippen LogP) is 4.46. The van der Waals surface area contributed by atoms with E-state index in [2.05, 4.69) is 6.58 Å². The van der Waals surface area contributed by atoms with Gasteiger partial charge in [0, 0.05) is 29.1 Å². The van der Waals surface area contributed by atoms with Crippen LogP contribution in [0.5, 0.6) is 0 Å². The zero-order valence-corrected chi connectivity index (χ0v) is 17.5. The Kier molecular flexibility index (Phi) is 5.25. The largest absolute Gasteiger partial charge is 0.490 e. The van der Waals surface area contributed by atoms with Crippen LogP contribution in [-0.2, 0) is 14.3 Å². The van der Waals surface area contributed by atoms with E-state index in [4.69, 9.17) is 4.74 Å². The minimum absolute atomic E-state index is 0.0630. The van der Waals surface area contributed by atoms with E-state index in [0.717, 1.165) is 6.42 Å². The second kappa shape index (κ2) is 6.82. The SMILES string of the molecule is C=C[C@@]1(C)C[C@@H](O)[C@@]2(C)C3C(=O)CC[C@]3(CC[C@H]2C)[C@@H](C)[C@@H]1OC(=O)C(F)(F)F. The van der Waals surface area contributed by atoms with Crippen LogP contribution in [0.25, 0.3) is 0 Å². The first-order valence-electron chi connectivity index (χ1n) is 10.4. The molecule has 0 aromatic rings. The summed E-state index contributed by atoms with van der Waals surface area (Å²) in [6, 6.07) is 0. The van der Waals surface area contributed by atoms with Crippen molar-refractivity contribution < 1.29 is 32.6 Å². The predicted molar refractivity (Wildman–Crippen MR) is 101 cm³/mol. The molecule has 8 atom stereocenters. The minimum Gasteiger partial charge on any atom is -0.454 e. The van der Waals surface area contributed by atoms with Crippen molar-refractivity contribution >= 4 is 11.8 Å². The Morgan fingerprint density at radius 1 is 1.28 bits per heavy atom. The summed E-state index contributed by atoms with van der Waals surface area (Å²) in [6.45, 7) is 11.3. The second-order valence-electron chi connectivity index (χ2n) is 9.98. The van der Waals surface area contributed by atoms with Gasteiger partial charge in [-0.05, 0) is 37.0 Å². The third-order valence-electron chi connectivity index (χ3n) is 8.75. The van der Waals surface area contributed by atoms with Gasteiger partial charge in [-0.25, -0.2) is 4.79 Å². The van der Waals surface area contributed by atoms with Gasteiger partial charge in [-0.3, -0.25) is 4.79 Å². The van der Waals surface area contributed by atoms with Crippen molar-refractivity contribution in [3.05, 3.63) is 12.7 Å². The van der Waals surface area contributed by atoms with Crippen molar-refractivity contribution in [3.63, 3.8) is 0 Å². The number of alkyl halides is 3. The van der Waals surface area contributed by atoms with Crippen molar-refractivity contribution in [2.45, 2.75) is 78.2 Å². The van der Waals surface area contributed by atoms with E-state index >= 15 is 0 Å². The number of Topliss-reactive ketones (excluding diaryl/α,β-unsaturated/α-hetero) is 1. The summed E-state index contributed by atoms with van der Waals surface area (Å²) in [5.41, 5.74) is -2.33. The summed E-state index contributed by atoms with van der Waals surface area (Å²) in [6.07, 6.45) is -3.26. The van der Waals surface area contributed by atoms with Gasteiger partial charge in [0.15, 0.2) is 0 Å². The molecule has 1 N–H and O–H groups in total. The standard InChI is InChI=1S/C22H31F3O4/c1-6-19(4)11-15(27)20(5)12(2)7-9-21(10-8-14(26)16(20)21)13(3)17(19)29-18(28)22(23,24)25/h6,12-13,15-17,27H,1,7-11H2,2-5H3/t12-,13+,15-,16?,17+,19+,20+,21-/m1/s1. The molecule has 3 aliphatic rings. The van der Waals surface area contributed by atoms with Crippen LogP contribution in [0, 0.1) is 34.0 Å². The van der Waals surface area contributed by atoms with E-state index in [1.165, 1.54) is 6.08 Å². The molecular formula is C22H31F3O4. The molecule has 0 amide bonds. The highest BCUT2D eigenvalue weighted by molar-refractivity contribution is 5.85. The highest BCUT2D eigenvalue weighted by Gasteiger charge is 2.68. The molecular weight excluding hydrogens is 385 g/mol. The van der Waals surface area contributed by atoms with Gasteiger partial charge < -0.3 is 9.84 Å². The number of carbonyl (C=O) groups excluding carboxylic acids is 2. The normalized spacial score (nSPS) is 47.7. The van der Waals surface area contributed by atoms with Crippen LogP contribution < -0.4 is 0 Å². The fourth-order valence-corrected chi connectivity index (χ4v) is 6.76. The summed E-state index contributed by atoms with van der Waals surface area (Å²) in [4.78, 5) is 24.8. The fraction of sp³-hybridized carbons (Fsp3) is 0.818. The second-order valence-corrected chi connectivity index (χ2v) is 9.98. The zero-order valence-electron chi connectivity index (χ0n) is 17.5. The monoisotopic (exact) mass is 416 g/mol. The number of aliphatic hydroxyl groups is 1. The van der Waals surface area contributed by atoms with Crippen LogP contribution in [0.4, 0.5) is 13.2 Å². The molecule has 0 aliphatic heterocycles. The molecule has 164 valence electrons. The van der Waals surface area contributed by atoms with Crippen LogP contribution in [0.1, 0.15) is 59.8 Å². The molecule has 7 heteroatoms. The number of hydrogen-bond donors (Lipinski definition) is 1. The van der Waals surface area contributed by atoms with E-state index in [1.54, 1.807) is 13.8 Å². The van der Waals surface area contributed by atoms with Crippen molar-refractivity contribution in [2.75, 3.05) is 0 Å². The van der Waals surface area contributed by atoms with Gasteiger partial charge in [0.1, 0.15) is 11.9 Å². The molecule has 0 heterocycles. The molecule has 3 saturated carbocycles. The van der Waals surface area contributed by atoms with Gasteiger partial charge in [-0.15, -0.1) is 6.58 Å². The van der Waals surface area contributed by atoms with Gasteiger partial charge in [0.25, 0.3) is 0 Å². The number of esters is 1. The minimum atomic E-state index is -5.11. The Morgan fingerprint density at radius 3 is 2.45 bits per heavy atom. The van der Waals surface area contributed by atoms with Gasteiger partial charge in [0.2, 0.25) is 0 Å². The molecule has 3 rings (SSSR count). The molecule has 3 aliphatic carbocycles. The van der Waals surface area contributed by atoms with Gasteiger partial charge in [-0.1, -0.05) is 33.8 Å². The van der Waals surface area contributed by atoms with E-state index in [1.807, 2.05) is 13.8 Å². The first kappa shape index (κ1) is 22.3. The molecule has 0 saturated heterocycles. The number of carbonyl (C=O) groups is 2. The Balaban J connectivity index is 2.17. The molecule has 3 fully saturated rings. The lowest BCUT2D eigenvalue weighted by molar-refractivity contribution is -0.229. The molecule has 0 radical (unpaired) electrons. The van der Waals surface area contributed by atoms with Crippen molar-refractivity contribution in [2.24, 2.45) is 34.0 Å². The smallest absolute Gasteiger partial charge is 0.454 e. The lowest BCUT2D eigenvalue weighted by Gasteiger charge is -2.61. The number of ketones is 1. The topological polar surface area (TPSA) is 63.6 Å². The molecule has 29 heavy (non-hydrogen) atoms. The number of halogens is 3. The fourth-order valence-electron chi connectivity index (χ4n) is 6.76. The number of hydrogen-bond acceptors (Lipinski definition) is 4. The van der Waals surface area contributed by atoms with Gasteiger partial charge in [0.05, 0.1) is 6.10 Å². The van der Waals surface area contributed by atoms with E-state index in [9.17, 15) is 27.9 Å². The van der Waals surface area contributed by atoms with Crippen LogP contribution in [0.2, 0.25) is 0 Å². The first-order chi connectivity index (χ1) is 13.2. The maximum absolute atomic E-state index is 13.0. The van der Waals surface area contributed by atoms with Crippen LogP contribution >= 0.6 is 0 Å². The number of aliphatic hydroxyl groups excluding tert-OH is 1. The molecule has 0 aromatic heterocycles. The average Bonchev–Trinajstić information content (AvgIpc) is 2.99. The average molecular weight is 416 g/mol. The first-order valence-corrected chi connectivity index (χ1v) is 10.4. The lowest BCUT2D eigenvalue weighted by Crippen LogP contribution is -2.63. The third-order valence-corrected chi connectivity index (χ3v) is 8.75. The molecule has 4 nitrogen and oxygen atoms in total. The number of ether oxygens (including phenoxy) is 1. The van der Waals surface area contributed by atoms with Crippen molar-refractivity contribution in [1.82, 2.24) is 0 Å². The molecule has 2 bridgehead atoms. The Morgan fingerprint density at radius 2 is 1.90 bits per heavy atom. The van der Waals surface area contributed by atoms with E-state index in [0.29, 0.717) is 19.3 Å². The third kappa shape index (κ3) is 3.06. The van der Waals surface area contributed by atoms with Gasteiger partial charge >= 0.3 is 12.1 Å². The summed E-state index contributed by atoms with van der Waals surface area (Å²) in [7, 11) is 0. The van der Waals surface area contributed by atoms with Crippen LogP contribution in [-0.4, -0.2) is 35.2 Å². The molecule has 1 unspecified atom stereocenters. The summed E-state index contributed by atoms with van der Waals surface area (Å²) < 4.78 is 44.2. The van der Waals surface area contributed by atoms with Crippen LogP contribution in [0.3, 0.4) is 0 Å². The maximum Gasteiger partial charge on any atom is 0.490 e. The maximum atomic E-state index is 13.0. The Hall–Kier alpha value is -1.37. The quantitative estimate of drug-likeness (QED) is 0.533. The zero-order chi connectivity index (χ0) is 22.0. The van der Waals surface area contributed by atoms with Crippen molar-refractivity contribution in [3.8, 4) is 0 Å². The molecule has 0 aromatic carbocycles. The van der Waals surface area contributed by atoms with E-state index < -0.39 is 52.4 Å². The summed E-state index contributed by atoms with van der Waals surface area (Å²) in [5, 5.41) is 11.3. The Bertz CT molecular complexity index is 719. The number of rotatable bonds is 2. The summed E-state index contributed by atoms with van der Waals surface area (Å²) in [5.74, 6) is -3.01. The highest BCUT2D eigenvalue weighted by Crippen LogP contribution is 2.67. The molecule has 0 spiro atoms. The summed E-state index contributed by atoms with van der Waals surface area (Å²) >= 11 is 0. The van der Waals surface area contributed by atoms with Crippen LogP contribution in [0.15, 0.2) is 12.7 Å². The van der Waals surface area contributed by atoms with E-state index in [-0.39, 0.29) is 18.1 Å². The van der Waals surface area contributed by atoms with Gasteiger partial charge in [-0.2, -0.15) is 13.2 Å². The Labute approximate surface area is 169 Å². The lowest BCUT2D eigenvalue weighted by atomic mass is 9.44. The highest BCUT2D eigenvalue weighted by atomic mass is 19.4.